The number of nitrogens with one attached hydrogen (secondary N) is 2. The van der Waals surface area contributed by atoms with Crippen LogP contribution in [0.25, 0.3) is 0 Å². The molecule has 2 N–H and O–H groups in total. The number of ether oxygens (including phenoxy) is 1. The van der Waals surface area contributed by atoms with Crippen LogP contribution in [0.15, 0.2) is 17.5 Å². The molecule has 1 fully saturated rings. The van der Waals surface area contributed by atoms with Crippen LogP contribution in [0.1, 0.15) is 48.2 Å². The van der Waals surface area contributed by atoms with Gasteiger partial charge in [0.15, 0.2) is 6.61 Å². The van der Waals surface area contributed by atoms with Gasteiger partial charge in [-0.05, 0) is 23.8 Å². The minimum atomic E-state index is -0.556. The van der Waals surface area contributed by atoms with Crippen molar-refractivity contribution in [1.29, 1.82) is 0 Å². The maximum absolute atomic E-state index is 11.6. The minimum absolute atomic E-state index is 0.347. The lowest BCUT2D eigenvalue weighted by Gasteiger charge is -2.09. The molecule has 7 heteroatoms. The molecule has 2 amide bonds. The molecule has 0 aromatic carbocycles. The average molecular weight is 324 g/mol. The summed E-state index contributed by atoms with van der Waals surface area (Å²) in [6.45, 7) is -0.381. The minimum Gasteiger partial charge on any atom is -0.455 e. The molecule has 1 aliphatic rings. The molecule has 1 aliphatic carbocycles. The maximum Gasteiger partial charge on any atom is 0.306 e. The molecule has 0 unspecified atom stereocenters. The van der Waals surface area contributed by atoms with Crippen molar-refractivity contribution in [3.63, 3.8) is 0 Å². The van der Waals surface area contributed by atoms with Gasteiger partial charge in [0.25, 0.3) is 11.8 Å². The molecule has 0 atom stereocenters. The van der Waals surface area contributed by atoms with Crippen molar-refractivity contribution in [3.05, 3.63) is 22.4 Å². The van der Waals surface area contributed by atoms with Gasteiger partial charge in [-0.15, -0.1) is 11.3 Å². The highest BCUT2D eigenvalue weighted by atomic mass is 32.1. The second-order valence-corrected chi connectivity index (χ2v) is 6.28. The number of hydrazine groups is 1. The standard InChI is InChI=1S/C15H20N2O4S/c18-13(16-17-15(20)12-6-3-9-22-12)10-21-14(19)8-7-11-4-1-2-5-11/h3,6,9,11H,1-2,4-5,7-8,10H2,(H,16,18)(H,17,20). The molecule has 120 valence electrons. The van der Waals surface area contributed by atoms with Gasteiger partial charge in [0.2, 0.25) is 0 Å². The van der Waals surface area contributed by atoms with Crippen molar-refractivity contribution >= 4 is 29.1 Å². The van der Waals surface area contributed by atoms with Crippen LogP contribution < -0.4 is 10.9 Å². The van der Waals surface area contributed by atoms with Gasteiger partial charge in [-0.2, -0.15) is 0 Å². The number of esters is 1. The van der Waals surface area contributed by atoms with E-state index in [1.165, 1.54) is 37.0 Å². The average Bonchev–Trinajstić information content (AvgIpc) is 3.21. The number of rotatable bonds is 6. The second kappa shape index (κ2) is 8.53. The second-order valence-electron chi connectivity index (χ2n) is 5.33. The third-order valence-corrected chi connectivity index (χ3v) is 4.52. The molecule has 2 rings (SSSR count). The summed E-state index contributed by atoms with van der Waals surface area (Å²) >= 11 is 1.27. The van der Waals surface area contributed by atoms with Crippen LogP contribution in [-0.2, 0) is 14.3 Å². The Bertz CT molecular complexity index is 510. The van der Waals surface area contributed by atoms with Gasteiger partial charge >= 0.3 is 5.97 Å². The fraction of sp³-hybridized carbons (Fsp3) is 0.533. The lowest BCUT2D eigenvalue weighted by Crippen LogP contribution is -2.43. The van der Waals surface area contributed by atoms with Crippen LogP contribution in [0.2, 0.25) is 0 Å². The number of amides is 2. The summed E-state index contributed by atoms with van der Waals surface area (Å²) < 4.78 is 4.89. The first-order valence-electron chi connectivity index (χ1n) is 7.43. The summed E-state index contributed by atoms with van der Waals surface area (Å²) in [6, 6.07) is 3.39. The predicted molar refractivity (Wildman–Crippen MR) is 82.1 cm³/mol. The lowest BCUT2D eigenvalue weighted by molar-refractivity contribution is -0.149. The molecule has 6 nitrogen and oxygen atoms in total. The number of thiophene rings is 1. The largest absolute Gasteiger partial charge is 0.455 e. The van der Waals surface area contributed by atoms with Crippen LogP contribution in [0.3, 0.4) is 0 Å². The highest BCUT2D eigenvalue weighted by molar-refractivity contribution is 7.12. The fourth-order valence-electron chi connectivity index (χ4n) is 2.47. The molecule has 0 spiro atoms. The number of hydrogen-bond donors (Lipinski definition) is 2. The quantitative estimate of drug-likeness (QED) is 0.619. The summed E-state index contributed by atoms with van der Waals surface area (Å²) in [7, 11) is 0. The normalized spacial score (nSPS) is 14.5. The Morgan fingerprint density at radius 2 is 2.00 bits per heavy atom. The van der Waals surface area contributed by atoms with Crippen LogP contribution >= 0.6 is 11.3 Å². The van der Waals surface area contributed by atoms with Gasteiger partial charge in [-0.1, -0.05) is 31.7 Å². The van der Waals surface area contributed by atoms with Gasteiger partial charge in [-0.25, -0.2) is 0 Å². The van der Waals surface area contributed by atoms with Gasteiger partial charge < -0.3 is 4.74 Å². The van der Waals surface area contributed by atoms with Crippen molar-refractivity contribution in [1.82, 2.24) is 10.9 Å². The topological polar surface area (TPSA) is 84.5 Å². The molecule has 0 aliphatic heterocycles. The van der Waals surface area contributed by atoms with Crippen LogP contribution in [0.5, 0.6) is 0 Å². The van der Waals surface area contributed by atoms with Crippen LogP contribution in [-0.4, -0.2) is 24.4 Å². The number of carbonyl (C=O) groups excluding carboxylic acids is 3. The Hall–Kier alpha value is -1.89. The third-order valence-electron chi connectivity index (χ3n) is 3.66. The van der Waals surface area contributed by atoms with Crippen LogP contribution in [0.4, 0.5) is 0 Å². The molecular formula is C15H20N2O4S. The van der Waals surface area contributed by atoms with Crippen LogP contribution in [0, 0.1) is 5.92 Å². The molecular weight excluding hydrogens is 304 g/mol. The molecule has 0 radical (unpaired) electrons. The fourth-order valence-corrected chi connectivity index (χ4v) is 3.09. The zero-order chi connectivity index (χ0) is 15.8. The first-order chi connectivity index (χ1) is 10.6. The summed E-state index contributed by atoms with van der Waals surface area (Å²) in [4.78, 5) is 35.1. The molecule has 0 bridgehead atoms. The number of carbonyl (C=O) groups is 3. The highest BCUT2D eigenvalue weighted by Crippen LogP contribution is 2.28. The van der Waals surface area contributed by atoms with Crippen molar-refractivity contribution in [2.24, 2.45) is 5.92 Å². The SMILES string of the molecule is O=C(COC(=O)CCC1CCCC1)NNC(=O)c1cccs1. The predicted octanol–water partition coefficient (Wildman–Crippen LogP) is 2.02. The van der Waals surface area contributed by atoms with Gasteiger partial charge in [-0.3, -0.25) is 25.2 Å². The van der Waals surface area contributed by atoms with E-state index in [1.54, 1.807) is 17.5 Å². The van der Waals surface area contributed by atoms with Crippen molar-refractivity contribution < 1.29 is 19.1 Å². The van der Waals surface area contributed by atoms with E-state index >= 15 is 0 Å². The third kappa shape index (κ3) is 5.48. The Balaban J connectivity index is 1.56. The molecule has 1 aromatic heterocycles. The van der Waals surface area contributed by atoms with E-state index < -0.39 is 11.8 Å². The van der Waals surface area contributed by atoms with E-state index in [2.05, 4.69) is 10.9 Å². The van der Waals surface area contributed by atoms with Gasteiger partial charge in [0, 0.05) is 6.42 Å². The van der Waals surface area contributed by atoms with Crippen molar-refractivity contribution in [3.8, 4) is 0 Å². The van der Waals surface area contributed by atoms with Crippen molar-refractivity contribution in [2.45, 2.75) is 38.5 Å². The Morgan fingerprint density at radius 3 is 2.68 bits per heavy atom. The molecule has 1 heterocycles. The molecule has 1 aromatic rings. The van der Waals surface area contributed by atoms with Gasteiger partial charge in [0.05, 0.1) is 4.88 Å². The van der Waals surface area contributed by atoms with E-state index in [0.29, 0.717) is 17.2 Å². The molecule has 0 saturated heterocycles. The first-order valence-corrected chi connectivity index (χ1v) is 8.31. The van der Waals surface area contributed by atoms with E-state index in [4.69, 9.17) is 4.74 Å². The zero-order valence-corrected chi connectivity index (χ0v) is 13.1. The first kappa shape index (κ1) is 16.5. The summed E-state index contributed by atoms with van der Waals surface area (Å²) in [5.74, 6) is -0.701. The highest BCUT2D eigenvalue weighted by Gasteiger charge is 2.17. The molecule has 1 saturated carbocycles. The maximum atomic E-state index is 11.6. The Labute approximate surface area is 133 Å². The molecule has 22 heavy (non-hydrogen) atoms. The summed E-state index contributed by atoms with van der Waals surface area (Å²) in [6.07, 6.45) is 6.03. The summed E-state index contributed by atoms with van der Waals surface area (Å²) in [5, 5.41) is 1.77. The van der Waals surface area contributed by atoms with Crippen molar-refractivity contribution in [2.75, 3.05) is 6.61 Å². The van der Waals surface area contributed by atoms with Gasteiger partial charge in [0.1, 0.15) is 0 Å². The Kier molecular flexibility index (Phi) is 6.39. The van der Waals surface area contributed by atoms with E-state index in [9.17, 15) is 14.4 Å². The Morgan fingerprint density at radius 1 is 1.23 bits per heavy atom. The summed E-state index contributed by atoms with van der Waals surface area (Å²) in [5.41, 5.74) is 4.48. The monoisotopic (exact) mass is 324 g/mol. The van der Waals surface area contributed by atoms with E-state index in [-0.39, 0.29) is 12.6 Å². The van der Waals surface area contributed by atoms with E-state index in [0.717, 1.165) is 6.42 Å². The van der Waals surface area contributed by atoms with E-state index in [1.807, 2.05) is 0 Å². The zero-order valence-electron chi connectivity index (χ0n) is 12.3. The number of hydrogen-bond acceptors (Lipinski definition) is 5. The lowest BCUT2D eigenvalue weighted by atomic mass is 10.0. The smallest absolute Gasteiger partial charge is 0.306 e.